The SMILES string of the molecule is NC1CC2CCC(C1)N2C(=O)[C@H](NS(=O)(=O)c1ccc2cc(OC3CCCC3)ccc2c1)C(F)(F)c1ccc(Cl)cc1. The fourth-order valence-corrected chi connectivity index (χ4v) is 8.06. The zero-order valence-electron chi connectivity index (χ0n) is 23.0. The summed E-state index contributed by atoms with van der Waals surface area (Å²) in [6, 6.07) is 11.5. The molecular formula is C31H34ClF2N3O4S. The summed E-state index contributed by atoms with van der Waals surface area (Å²) in [5, 5.41) is 1.60. The Morgan fingerprint density at radius 2 is 1.57 bits per heavy atom. The highest BCUT2D eigenvalue weighted by Crippen LogP contribution is 2.40. The van der Waals surface area contributed by atoms with E-state index < -0.39 is 33.5 Å². The second-order valence-electron chi connectivity index (χ2n) is 11.7. The Morgan fingerprint density at radius 1 is 0.952 bits per heavy atom. The summed E-state index contributed by atoms with van der Waals surface area (Å²) in [6.07, 6.45) is 6.74. The van der Waals surface area contributed by atoms with Crippen LogP contribution >= 0.6 is 11.6 Å². The van der Waals surface area contributed by atoms with Crippen molar-refractivity contribution >= 4 is 38.3 Å². The average Bonchev–Trinajstić information content (AvgIpc) is 3.56. The molecule has 3 N–H and O–H groups in total. The third kappa shape index (κ3) is 5.74. The molecule has 0 spiro atoms. The summed E-state index contributed by atoms with van der Waals surface area (Å²) in [5.41, 5.74) is 5.63. The van der Waals surface area contributed by atoms with Gasteiger partial charge < -0.3 is 15.4 Å². The Morgan fingerprint density at radius 3 is 2.24 bits per heavy atom. The van der Waals surface area contributed by atoms with Crippen LogP contribution in [0.1, 0.15) is 56.9 Å². The first kappa shape index (κ1) is 29.3. The molecule has 1 amide bonds. The minimum Gasteiger partial charge on any atom is -0.490 e. The number of alkyl halides is 2. The second-order valence-corrected chi connectivity index (χ2v) is 13.9. The average molecular weight is 618 g/mol. The first-order valence-electron chi connectivity index (χ1n) is 14.5. The lowest BCUT2D eigenvalue weighted by molar-refractivity contribution is -0.149. The lowest BCUT2D eigenvalue weighted by Crippen LogP contribution is -2.60. The predicted molar refractivity (Wildman–Crippen MR) is 157 cm³/mol. The Balaban J connectivity index is 1.31. The van der Waals surface area contributed by atoms with E-state index in [1.807, 2.05) is 6.07 Å². The maximum atomic E-state index is 16.2. The van der Waals surface area contributed by atoms with Crippen molar-refractivity contribution in [1.29, 1.82) is 0 Å². The number of carbonyl (C=O) groups excluding carboxylic acids is 1. The Hall–Kier alpha value is -2.79. The van der Waals surface area contributed by atoms with Gasteiger partial charge in [-0.3, -0.25) is 4.79 Å². The van der Waals surface area contributed by atoms with E-state index in [1.54, 1.807) is 18.2 Å². The number of nitrogens with one attached hydrogen (secondary N) is 1. The number of hydrogen-bond acceptors (Lipinski definition) is 5. The molecule has 2 aliphatic heterocycles. The van der Waals surface area contributed by atoms with Crippen molar-refractivity contribution in [2.45, 2.75) is 92.5 Å². The van der Waals surface area contributed by atoms with Gasteiger partial charge in [0.15, 0.2) is 6.04 Å². The largest absolute Gasteiger partial charge is 0.490 e. The third-order valence-electron chi connectivity index (χ3n) is 8.83. The van der Waals surface area contributed by atoms with E-state index in [4.69, 9.17) is 22.1 Å². The molecule has 3 aliphatic rings. The van der Waals surface area contributed by atoms with Crippen molar-refractivity contribution < 1.29 is 26.7 Å². The van der Waals surface area contributed by atoms with E-state index in [-0.39, 0.29) is 34.1 Å². The number of nitrogens with two attached hydrogens (primary N) is 1. The number of carbonyl (C=O) groups is 1. The van der Waals surface area contributed by atoms with Crippen LogP contribution in [0.25, 0.3) is 10.8 Å². The third-order valence-corrected chi connectivity index (χ3v) is 10.5. The lowest BCUT2D eigenvalue weighted by Gasteiger charge is -2.41. The summed E-state index contributed by atoms with van der Waals surface area (Å²) in [6.45, 7) is 0. The molecule has 1 aliphatic carbocycles. The molecule has 6 rings (SSSR count). The number of fused-ring (bicyclic) bond motifs is 3. The number of sulfonamides is 1. The molecule has 2 unspecified atom stereocenters. The summed E-state index contributed by atoms with van der Waals surface area (Å²) in [4.78, 5) is 15.1. The van der Waals surface area contributed by atoms with Gasteiger partial charge in [0, 0.05) is 28.7 Å². The standard InChI is InChI=1S/C31H34ClF2N3O4S/c32-22-9-7-21(8-10-22)31(33,34)29(30(38)37-24-11-12-25(37)18-23(35)17-24)36-42(39,40)28-14-6-19-15-27(13-5-20(19)16-28)41-26-3-1-2-4-26/h5-10,13-16,23-26,29,36H,1-4,11-12,17-18,35H2/t23?,24?,25?,29-/m0/s1. The van der Waals surface area contributed by atoms with Crippen molar-refractivity contribution in [2.24, 2.45) is 5.73 Å². The fraction of sp³-hybridized carbons (Fsp3) is 0.452. The van der Waals surface area contributed by atoms with Gasteiger partial charge in [-0.05, 0) is 98.5 Å². The highest BCUT2D eigenvalue weighted by molar-refractivity contribution is 7.89. The molecule has 3 atom stereocenters. The zero-order valence-corrected chi connectivity index (χ0v) is 24.6. The van der Waals surface area contributed by atoms with Gasteiger partial charge >= 0.3 is 0 Å². The van der Waals surface area contributed by atoms with Gasteiger partial charge in [0.1, 0.15) is 5.75 Å². The quantitative estimate of drug-likeness (QED) is 0.336. The van der Waals surface area contributed by atoms with Gasteiger partial charge in [0.25, 0.3) is 5.92 Å². The second kappa shape index (κ2) is 11.4. The van der Waals surface area contributed by atoms with Crippen LogP contribution in [0.4, 0.5) is 8.78 Å². The number of rotatable bonds is 8. The number of ether oxygens (including phenoxy) is 1. The first-order chi connectivity index (χ1) is 20.0. The van der Waals surface area contributed by atoms with E-state index in [0.717, 1.165) is 43.2 Å². The maximum Gasteiger partial charge on any atom is 0.298 e. The van der Waals surface area contributed by atoms with E-state index >= 15 is 8.78 Å². The molecule has 42 heavy (non-hydrogen) atoms. The molecular weight excluding hydrogens is 584 g/mol. The molecule has 7 nitrogen and oxygen atoms in total. The molecule has 0 radical (unpaired) electrons. The van der Waals surface area contributed by atoms with Crippen molar-refractivity contribution in [2.75, 3.05) is 0 Å². The smallest absolute Gasteiger partial charge is 0.298 e. The van der Waals surface area contributed by atoms with Gasteiger partial charge in [-0.1, -0.05) is 35.9 Å². The van der Waals surface area contributed by atoms with Crippen molar-refractivity contribution in [3.8, 4) is 5.75 Å². The van der Waals surface area contributed by atoms with Crippen molar-refractivity contribution in [3.63, 3.8) is 0 Å². The number of halogens is 3. The van der Waals surface area contributed by atoms with Crippen molar-refractivity contribution in [1.82, 2.24) is 9.62 Å². The molecule has 2 bridgehead atoms. The summed E-state index contributed by atoms with van der Waals surface area (Å²) < 4.78 is 67.8. The summed E-state index contributed by atoms with van der Waals surface area (Å²) >= 11 is 5.92. The fourth-order valence-electron chi connectivity index (χ4n) is 6.71. The molecule has 3 aromatic carbocycles. The molecule has 11 heteroatoms. The van der Waals surface area contributed by atoms with Gasteiger partial charge in [0.2, 0.25) is 15.9 Å². The lowest BCUT2D eigenvalue weighted by atomic mass is 9.95. The Labute approximate surface area is 249 Å². The number of benzene rings is 3. The highest BCUT2D eigenvalue weighted by Gasteiger charge is 2.53. The van der Waals surface area contributed by atoms with Crippen LogP contribution in [-0.2, 0) is 20.7 Å². The minimum atomic E-state index is -4.55. The topological polar surface area (TPSA) is 102 Å². The molecule has 3 fully saturated rings. The minimum absolute atomic E-state index is 0.125. The number of nitrogens with zero attached hydrogens (tertiary/aromatic N) is 1. The molecule has 2 saturated heterocycles. The van der Waals surface area contributed by atoms with Crippen LogP contribution in [-0.4, -0.2) is 49.5 Å². The monoisotopic (exact) mass is 617 g/mol. The highest BCUT2D eigenvalue weighted by atomic mass is 35.5. The number of piperidine rings is 1. The van der Waals surface area contributed by atoms with Crippen LogP contribution in [0.5, 0.6) is 5.75 Å². The molecule has 224 valence electrons. The van der Waals surface area contributed by atoms with E-state index in [9.17, 15) is 13.2 Å². The molecule has 0 aromatic heterocycles. The van der Waals surface area contributed by atoms with E-state index in [2.05, 4.69) is 4.72 Å². The maximum absolute atomic E-state index is 16.2. The predicted octanol–water partition coefficient (Wildman–Crippen LogP) is 5.73. The number of hydrogen-bond donors (Lipinski definition) is 2. The Bertz CT molecular complexity index is 1570. The van der Waals surface area contributed by atoms with E-state index in [0.29, 0.717) is 36.8 Å². The molecule has 2 heterocycles. The normalized spacial score (nSPS) is 23.8. The summed E-state index contributed by atoms with van der Waals surface area (Å²) in [7, 11) is -4.55. The Kier molecular flexibility index (Phi) is 7.93. The van der Waals surface area contributed by atoms with Gasteiger partial charge in [0.05, 0.1) is 11.0 Å². The van der Waals surface area contributed by atoms with Crippen LogP contribution in [0.3, 0.4) is 0 Å². The van der Waals surface area contributed by atoms with Crippen LogP contribution < -0.4 is 15.2 Å². The van der Waals surface area contributed by atoms with Crippen molar-refractivity contribution in [3.05, 3.63) is 71.2 Å². The van der Waals surface area contributed by atoms with E-state index in [1.165, 1.54) is 29.2 Å². The molecule has 1 saturated carbocycles. The number of amides is 1. The van der Waals surface area contributed by atoms with Gasteiger partial charge in [-0.25, -0.2) is 8.42 Å². The van der Waals surface area contributed by atoms with Crippen LogP contribution in [0.2, 0.25) is 5.02 Å². The summed E-state index contributed by atoms with van der Waals surface area (Å²) in [5.74, 6) is -4.11. The van der Waals surface area contributed by atoms with Gasteiger partial charge in [-0.15, -0.1) is 0 Å². The molecule has 3 aromatic rings. The van der Waals surface area contributed by atoms with Gasteiger partial charge in [-0.2, -0.15) is 13.5 Å². The van der Waals surface area contributed by atoms with Crippen LogP contribution in [0.15, 0.2) is 65.6 Å². The zero-order chi connectivity index (χ0) is 29.6. The van der Waals surface area contributed by atoms with Crippen LogP contribution in [0, 0.1) is 0 Å². The first-order valence-corrected chi connectivity index (χ1v) is 16.3.